The molecule has 1 aliphatic rings. The number of alkyl halides is 3. The van der Waals surface area contributed by atoms with Crippen molar-refractivity contribution in [3.63, 3.8) is 0 Å². The van der Waals surface area contributed by atoms with E-state index in [1.165, 1.54) is 11.0 Å². The van der Waals surface area contributed by atoms with Gasteiger partial charge in [-0.2, -0.15) is 13.2 Å². The number of rotatable bonds is 6. The number of amides is 1. The number of hydrogen-bond donors (Lipinski definition) is 0. The maximum atomic E-state index is 13.0. The molecule has 8 heteroatoms. The van der Waals surface area contributed by atoms with Crippen LogP contribution in [0.15, 0.2) is 53.7 Å². The van der Waals surface area contributed by atoms with E-state index in [4.69, 9.17) is 16.4 Å². The predicted octanol–water partition coefficient (Wildman–Crippen LogP) is 5.29. The van der Waals surface area contributed by atoms with Crippen LogP contribution in [0.5, 0.6) is 0 Å². The summed E-state index contributed by atoms with van der Waals surface area (Å²) >= 11 is 6.20. The number of oxime groups is 1. The van der Waals surface area contributed by atoms with E-state index in [0.29, 0.717) is 22.7 Å². The molecule has 4 nitrogen and oxygen atoms in total. The van der Waals surface area contributed by atoms with Crippen LogP contribution in [0.4, 0.5) is 13.2 Å². The monoisotopic (exact) mass is 424 g/mol. The molecule has 2 aromatic rings. The van der Waals surface area contributed by atoms with Gasteiger partial charge in [-0.3, -0.25) is 4.79 Å². The molecular formula is C21H20ClF3N2O2. The normalized spacial score (nSPS) is 16.3. The predicted molar refractivity (Wildman–Crippen MR) is 105 cm³/mol. The Labute approximate surface area is 171 Å². The summed E-state index contributed by atoms with van der Waals surface area (Å²) in [6.45, 7) is 2.00. The van der Waals surface area contributed by atoms with E-state index in [1.807, 2.05) is 18.2 Å². The standard InChI is InChI=1S/C21H20ClF3N2O2/c1-2-20(28)27(12-14-6-5-7-15(10-14)21(23,24)25)13-16-11-19(26-29-16)17-8-3-4-9-18(17)22/h3-10,16H,2,11-13H2,1H3/t16-/m0/s1. The zero-order valence-electron chi connectivity index (χ0n) is 15.7. The van der Waals surface area contributed by atoms with Crippen LogP contribution < -0.4 is 0 Å². The first-order valence-corrected chi connectivity index (χ1v) is 9.57. The summed E-state index contributed by atoms with van der Waals surface area (Å²) in [4.78, 5) is 19.4. The Balaban J connectivity index is 1.70. The van der Waals surface area contributed by atoms with Crippen LogP contribution in [0, 0.1) is 0 Å². The Morgan fingerprint density at radius 2 is 2.00 bits per heavy atom. The molecule has 0 fully saturated rings. The van der Waals surface area contributed by atoms with E-state index < -0.39 is 11.7 Å². The zero-order valence-corrected chi connectivity index (χ0v) is 16.5. The number of benzene rings is 2. The van der Waals surface area contributed by atoms with Crippen LogP contribution in [0.2, 0.25) is 5.02 Å². The minimum atomic E-state index is -4.43. The van der Waals surface area contributed by atoms with E-state index in [-0.39, 0.29) is 31.5 Å². The van der Waals surface area contributed by atoms with Gasteiger partial charge < -0.3 is 9.74 Å². The number of carbonyl (C=O) groups excluding carboxylic acids is 1. The lowest BCUT2D eigenvalue weighted by atomic mass is 10.0. The Morgan fingerprint density at radius 3 is 2.69 bits per heavy atom. The molecule has 1 heterocycles. The molecule has 0 aromatic heterocycles. The Kier molecular flexibility index (Phi) is 6.47. The van der Waals surface area contributed by atoms with Crippen molar-refractivity contribution in [1.82, 2.24) is 4.90 Å². The molecule has 0 bridgehead atoms. The highest BCUT2D eigenvalue weighted by Crippen LogP contribution is 2.30. The molecule has 0 aliphatic carbocycles. The van der Waals surface area contributed by atoms with Gasteiger partial charge >= 0.3 is 6.18 Å². The third-order valence-corrected chi connectivity index (χ3v) is 4.95. The van der Waals surface area contributed by atoms with Crippen molar-refractivity contribution in [2.45, 2.75) is 38.6 Å². The first kappa shape index (κ1) is 21.2. The summed E-state index contributed by atoms with van der Waals surface area (Å²) in [5.74, 6) is -0.169. The van der Waals surface area contributed by atoms with Gasteiger partial charge in [-0.25, -0.2) is 0 Å². The average Bonchev–Trinajstić information content (AvgIpc) is 3.15. The van der Waals surface area contributed by atoms with Crippen molar-refractivity contribution in [3.05, 3.63) is 70.2 Å². The number of carbonyl (C=O) groups is 1. The van der Waals surface area contributed by atoms with Crippen molar-refractivity contribution in [3.8, 4) is 0 Å². The van der Waals surface area contributed by atoms with Gasteiger partial charge in [0, 0.05) is 30.0 Å². The van der Waals surface area contributed by atoms with Crippen LogP contribution in [0.1, 0.15) is 36.5 Å². The molecule has 0 spiro atoms. The van der Waals surface area contributed by atoms with Gasteiger partial charge in [0.25, 0.3) is 0 Å². The SMILES string of the molecule is CCC(=O)N(Cc1cccc(C(F)(F)F)c1)C[C@@H]1CC(c2ccccc2Cl)=NO1. The summed E-state index contributed by atoms with van der Waals surface area (Å²) in [6, 6.07) is 12.3. The fourth-order valence-electron chi connectivity index (χ4n) is 3.17. The fraction of sp³-hybridized carbons (Fsp3) is 0.333. The smallest absolute Gasteiger partial charge is 0.390 e. The molecule has 154 valence electrons. The third-order valence-electron chi connectivity index (χ3n) is 4.62. The molecule has 0 N–H and O–H groups in total. The molecule has 0 unspecified atom stereocenters. The molecule has 29 heavy (non-hydrogen) atoms. The van der Waals surface area contributed by atoms with E-state index >= 15 is 0 Å². The number of hydrogen-bond acceptors (Lipinski definition) is 3. The average molecular weight is 425 g/mol. The summed E-state index contributed by atoms with van der Waals surface area (Å²) in [6.07, 6.45) is -4.12. The summed E-state index contributed by atoms with van der Waals surface area (Å²) in [5.41, 5.74) is 1.12. The van der Waals surface area contributed by atoms with E-state index in [2.05, 4.69) is 5.16 Å². The number of nitrogens with zero attached hydrogens (tertiary/aromatic N) is 2. The Hall–Kier alpha value is -2.54. The number of halogens is 4. The fourth-order valence-corrected chi connectivity index (χ4v) is 3.42. The second-order valence-corrected chi connectivity index (χ2v) is 7.18. The second kappa shape index (κ2) is 8.86. The maximum Gasteiger partial charge on any atom is 0.416 e. The summed E-state index contributed by atoms with van der Waals surface area (Å²) in [5, 5.41) is 4.64. The van der Waals surface area contributed by atoms with Crippen LogP contribution in [-0.2, 0) is 22.4 Å². The lowest BCUT2D eigenvalue weighted by molar-refractivity contribution is -0.137. The van der Waals surface area contributed by atoms with Crippen molar-refractivity contribution in [2.24, 2.45) is 5.16 Å². The highest BCUT2D eigenvalue weighted by Gasteiger charge is 2.31. The van der Waals surface area contributed by atoms with E-state index in [9.17, 15) is 18.0 Å². The highest BCUT2D eigenvalue weighted by atomic mass is 35.5. The maximum absolute atomic E-state index is 13.0. The Morgan fingerprint density at radius 1 is 1.24 bits per heavy atom. The van der Waals surface area contributed by atoms with E-state index in [0.717, 1.165) is 17.7 Å². The van der Waals surface area contributed by atoms with Crippen LogP contribution in [0.25, 0.3) is 0 Å². The first-order chi connectivity index (χ1) is 13.8. The Bertz CT molecular complexity index is 915. The van der Waals surface area contributed by atoms with Gasteiger partial charge in [0.05, 0.1) is 17.8 Å². The molecule has 0 saturated carbocycles. The largest absolute Gasteiger partial charge is 0.416 e. The van der Waals surface area contributed by atoms with Crippen molar-refractivity contribution >= 4 is 23.2 Å². The van der Waals surface area contributed by atoms with Gasteiger partial charge in [0.2, 0.25) is 5.91 Å². The molecule has 1 amide bonds. The lowest BCUT2D eigenvalue weighted by Gasteiger charge is -2.25. The minimum Gasteiger partial charge on any atom is -0.390 e. The van der Waals surface area contributed by atoms with E-state index in [1.54, 1.807) is 19.1 Å². The highest BCUT2D eigenvalue weighted by molar-refractivity contribution is 6.34. The van der Waals surface area contributed by atoms with Gasteiger partial charge in [-0.15, -0.1) is 0 Å². The topological polar surface area (TPSA) is 41.9 Å². The first-order valence-electron chi connectivity index (χ1n) is 9.19. The van der Waals surface area contributed by atoms with Crippen LogP contribution >= 0.6 is 11.6 Å². The van der Waals surface area contributed by atoms with Gasteiger partial charge in [0.15, 0.2) is 6.10 Å². The van der Waals surface area contributed by atoms with Gasteiger partial charge in [0.1, 0.15) is 0 Å². The third kappa shape index (κ3) is 5.29. The quantitative estimate of drug-likeness (QED) is 0.632. The summed E-state index contributed by atoms with van der Waals surface area (Å²) in [7, 11) is 0. The minimum absolute atomic E-state index is 0.0673. The molecule has 0 saturated heterocycles. The molecule has 0 radical (unpaired) electrons. The molecule has 3 rings (SSSR count). The lowest BCUT2D eigenvalue weighted by Crippen LogP contribution is -2.37. The van der Waals surface area contributed by atoms with Gasteiger partial charge in [-0.1, -0.05) is 54.0 Å². The molecule has 2 aromatic carbocycles. The van der Waals surface area contributed by atoms with Gasteiger partial charge in [-0.05, 0) is 23.8 Å². The second-order valence-electron chi connectivity index (χ2n) is 6.78. The molecule has 1 aliphatic heterocycles. The van der Waals surface area contributed by atoms with Crippen LogP contribution in [-0.4, -0.2) is 29.2 Å². The summed E-state index contributed by atoms with van der Waals surface area (Å²) < 4.78 is 38.9. The molecular weight excluding hydrogens is 405 g/mol. The van der Waals surface area contributed by atoms with Crippen molar-refractivity contribution in [2.75, 3.05) is 6.54 Å². The van der Waals surface area contributed by atoms with Crippen LogP contribution in [0.3, 0.4) is 0 Å². The van der Waals surface area contributed by atoms with Crippen molar-refractivity contribution < 1.29 is 22.8 Å². The molecule has 1 atom stereocenters. The zero-order chi connectivity index (χ0) is 21.0. The van der Waals surface area contributed by atoms with Crippen molar-refractivity contribution in [1.29, 1.82) is 0 Å².